The number of hydrogen-bond acceptors (Lipinski definition) is 3. The van der Waals surface area contributed by atoms with Gasteiger partial charge < -0.3 is 9.32 Å². The summed E-state index contributed by atoms with van der Waals surface area (Å²) >= 11 is 1.88. The predicted octanol–water partition coefficient (Wildman–Crippen LogP) is 16.1. The maximum absolute atomic E-state index is 6.16. The van der Waals surface area contributed by atoms with Gasteiger partial charge in [0.1, 0.15) is 11.2 Å². The lowest BCUT2D eigenvalue weighted by atomic mass is 9.99. The summed E-state index contributed by atoms with van der Waals surface area (Å²) in [5.74, 6) is 0. The number of para-hydroxylation sites is 1. The van der Waals surface area contributed by atoms with Crippen molar-refractivity contribution in [3.8, 4) is 44.5 Å². The van der Waals surface area contributed by atoms with E-state index in [-0.39, 0.29) is 0 Å². The monoisotopic (exact) mass is 745 g/mol. The summed E-state index contributed by atoms with van der Waals surface area (Å²) in [4.78, 5) is 2.35. The second-order valence-electron chi connectivity index (χ2n) is 14.5. The molecule has 2 heterocycles. The Morgan fingerprint density at radius 2 is 0.719 bits per heavy atom. The van der Waals surface area contributed by atoms with Crippen LogP contribution in [0.5, 0.6) is 0 Å². The van der Waals surface area contributed by atoms with Crippen LogP contribution in [0, 0.1) is 0 Å². The second-order valence-corrected chi connectivity index (χ2v) is 15.5. The largest absolute Gasteiger partial charge is 0.456 e. The second kappa shape index (κ2) is 13.8. The summed E-state index contributed by atoms with van der Waals surface area (Å²) in [7, 11) is 0. The zero-order valence-corrected chi connectivity index (χ0v) is 31.8. The summed E-state index contributed by atoms with van der Waals surface area (Å²) in [6, 6.07) is 76.3. The minimum atomic E-state index is 0.918. The van der Waals surface area contributed by atoms with Crippen LogP contribution in [0.25, 0.3) is 86.6 Å². The van der Waals surface area contributed by atoms with Crippen molar-refractivity contribution in [2.24, 2.45) is 0 Å². The molecule has 2 aromatic heterocycles. The molecule has 268 valence electrons. The van der Waals surface area contributed by atoms with Gasteiger partial charge in [-0.3, -0.25) is 0 Å². The molecule has 11 rings (SSSR count). The average molecular weight is 746 g/mol. The lowest BCUT2D eigenvalue weighted by Crippen LogP contribution is -2.09. The van der Waals surface area contributed by atoms with Gasteiger partial charge in [-0.2, -0.15) is 0 Å². The van der Waals surface area contributed by atoms with Gasteiger partial charge in [-0.05, 0) is 99.1 Å². The third-order valence-corrected chi connectivity index (χ3v) is 12.4. The number of rotatable bonds is 7. The molecule has 0 unspecified atom stereocenters. The Balaban J connectivity index is 0.983. The van der Waals surface area contributed by atoms with Crippen LogP contribution < -0.4 is 4.90 Å². The summed E-state index contributed by atoms with van der Waals surface area (Å²) < 4.78 is 8.76. The van der Waals surface area contributed by atoms with E-state index in [9.17, 15) is 0 Å². The van der Waals surface area contributed by atoms with Crippen molar-refractivity contribution in [3.05, 3.63) is 212 Å². The molecule has 2 nitrogen and oxygen atoms in total. The Kier molecular flexibility index (Phi) is 8.04. The van der Waals surface area contributed by atoms with Crippen molar-refractivity contribution in [2.75, 3.05) is 4.90 Å². The van der Waals surface area contributed by atoms with Crippen molar-refractivity contribution in [1.29, 1.82) is 0 Å². The molecule has 3 heteroatoms. The first-order chi connectivity index (χ1) is 28.2. The summed E-state index contributed by atoms with van der Waals surface area (Å²) in [5.41, 5.74) is 14.9. The van der Waals surface area contributed by atoms with E-state index < -0.39 is 0 Å². The highest BCUT2D eigenvalue weighted by atomic mass is 32.1. The van der Waals surface area contributed by atoms with E-state index in [0.717, 1.165) is 39.0 Å². The highest BCUT2D eigenvalue weighted by molar-refractivity contribution is 7.26. The Morgan fingerprint density at radius 3 is 1.28 bits per heavy atom. The summed E-state index contributed by atoms with van der Waals surface area (Å²) in [6.45, 7) is 0. The van der Waals surface area contributed by atoms with E-state index in [1.54, 1.807) is 0 Å². The first-order valence-corrected chi connectivity index (χ1v) is 20.1. The van der Waals surface area contributed by atoms with Gasteiger partial charge >= 0.3 is 0 Å². The molecule has 11 aromatic rings. The Hall–Kier alpha value is -7.20. The number of anilines is 3. The average Bonchev–Trinajstić information content (AvgIpc) is 3.86. The molecule has 0 aliphatic carbocycles. The van der Waals surface area contributed by atoms with Gasteiger partial charge in [0, 0.05) is 48.0 Å². The first kappa shape index (κ1) is 33.2. The molecule has 57 heavy (non-hydrogen) atoms. The van der Waals surface area contributed by atoms with Crippen molar-refractivity contribution in [1.82, 2.24) is 0 Å². The molecular weight excluding hydrogens is 711 g/mol. The maximum atomic E-state index is 6.16. The van der Waals surface area contributed by atoms with Gasteiger partial charge in [-0.25, -0.2) is 0 Å². The molecule has 0 aliphatic rings. The summed E-state index contributed by atoms with van der Waals surface area (Å²) in [6.07, 6.45) is 0. The third-order valence-electron chi connectivity index (χ3n) is 11.1. The van der Waals surface area contributed by atoms with Gasteiger partial charge in [0.25, 0.3) is 0 Å². The minimum Gasteiger partial charge on any atom is -0.456 e. The fourth-order valence-corrected chi connectivity index (χ4v) is 9.64. The van der Waals surface area contributed by atoms with E-state index in [1.807, 2.05) is 23.5 Å². The molecule has 0 spiro atoms. The van der Waals surface area contributed by atoms with Crippen LogP contribution >= 0.6 is 11.3 Å². The van der Waals surface area contributed by atoms with Crippen molar-refractivity contribution < 1.29 is 4.42 Å². The van der Waals surface area contributed by atoms with Crippen LogP contribution in [0.3, 0.4) is 0 Å². The van der Waals surface area contributed by atoms with Crippen LogP contribution in [-0.4, -0.2) is 0 Å². The van der Waals surface area contributed by atoms with Crippen LogP contribution in [0.2, 0.25) is 0 Å². The van der Waals surface area contributed by atoms with Crippen LogP contribution in [0.15, 0.2) is 217 Å². The van der Waals surface area contributed by atoms with Crippen molar-refractivity contribution in [3.63, 3.8) is 0 Å². The highest BCUT2D eigenvalue weighted by Crippen LogP contribution is 2.45. The lowest BCUT2D eigenvalue weighted by molar-refractivity contribution is 0.669. The number of thiophene rings is 1. The fraction of sp³-hybridized carbons (Fsp3) is 0. The topological polar surface area (TPSA) is 16.4 Å². The Bertz CT molecular complexity index is 3110. The number of benzene rings is 9. The SMILES string of the molecule is c1ccc(-c2ccc(N(c3ccc(-c4ccccc4)cc3)c3ccc(-c4cccc5c4sc4c(-c6ccc7oc8ccccc8c7c6)cccc45)cc3)cc2)cc1. The molecule has 0 radical (unpaired) electrons. The van der Waals surface area contributed by atoms with E-state index in [4.69, 9.17) is 4.42 Å². The molecule has 0 bridgehead atoms. The van der Waals surface area contributed by atoms with Gasteiger partial charge in [0.15, 0.2) is 0 Å². The molecule has 0 aliphatic heterocycles. The van der Waals surface area contributed by atoms with Crippen LogP contribution in [-0.2, 0) is 0 Å². The van der Waals surface area contributed by atoms with Crippen LogP contribution in [0.4, 0.5) is 17.1 Å². The van der Waals surface area contributed by atoms with Gasteiger partial charge in [-0.15, -0.1) is 11.3 Å². The Morgan fingerprint density at radius 1 is 0.298 bits per heavy atom. The normalized spacial score (nSPS) is 11.5. The number of fused-ring (bicyclic) bond motifs is 6. The maximum Gasteiger partial charge on any atom is 0.135 e. The zero-order chi connectivity index (χ0) is 37.7. The van der Waals surface area contributed by atoms with E-state index in [0.29, 0.717) is 0 Å². The minimum absolute atomic E-state index is 0.918. The predicted molar refractivity (Wildman–Crippen MR) is 243 cm³/mol. The molecular formula is C54H35NOS. The molecule has 0 fully saturated rings. The lowest BCUT2D eigenvalue weighted by Gasteiger charge is -2.26. The number of furan rings is 1. The highest BCUT2D eigenvalue weighted by Gasteiger charge is 2.17. The van der Waals surface area contributed by atoms with Crippen LogP contribution in [0.1, 0.15) is 0 Å². The van der Waals surface area contributed by atoms with Gasteiger partial charge in [-0.1, -0.05) is 158 Å². The molecule has 9 aromatic carbocycles. The Labute approximate surface area is 335 Å². The third kappa shape index (κ3) is 5.88. The number of hydrogen-bond donors (Lipinski definition) is 0. The van der Waals surface area contributed by atoms with Gasteiger partial charge in [0.05, 0.1) is 0 Å². The molecule has 0 amide bonds. The summed E-state index contributed by atoms with van der Waals surface area (Å²) in [5, 5.41) is 4.87. The van der Waals surface area contributed by atoms with E-state index in [2.05, 4.69) is 205 Å². The smallest absolute Gasteiger partial charge is 0.135 e. The van der Waals surface area contributed by atoms with Gasteiger partial charge in [0.2, 0.25) is 0 Å². The van der Waals surface area contributed by atoms with Crippen molar-refractivity contribution in [2.45, 2.75) is 0 Å². The van der Waals surface area contributed by atoms with E-state index >= 15 is 0 Å². The fourth-order valence-electron chi connectivity index (χ4n) is 8.27. The standard InChI is InChI=1S/C54H35NOS/c1-3-11-36(12-4-1)38-21-28-42(29-22-38)55(43-30-23-39(24-31-43)37-13-5-2-6-14-37)44-32-25-40(26-33-44)45-16-9-18-48-49-19-10-17-46(54(49)57-53(45)48)41-27-34-52-50(35-41)47-15-7-8-20-51(47)56-52/h1-35H. The van der Waals surface area contributed by atoms with E-state index in [1.165, 1.54) is 64.7 Å². The zero-order valence-electron chi connectivity index (χ0n) is 31.0. The molecule has 0 atom stereocenters. The van der Waals surface area contributed by atoms with Crippen molar-refractivity contribution >= 4 is 70.5 Å². The molecule has 0 N–H and O–H groups in total. The molecule has 0 saturated heterocycles. The quantitative estimate of drug-likeness (QED) is 0.162. The first-order valence-electron chi connectivity index (χ1n) is 19.3. The molecule has 0 saturated carbocycles. The number of nitrogens with zero attached hydrogens (tertiary/aromatic N) is 1.